The van der Waals surface area contributed by atoms with Crippen LogP contribution in [0.2, 0.25) is 0 Å². The van der Waals surface area contributed by atoms with Crippen molar-refractivity contribution < 1.29 is 0 Å². The van der Waals surface area contributed by atoms with E-state index >= 15 is 0 Å². The number of fused-ring (bicyclic) bond motifs is 9. The van der Waals surface area contributed by atoms with Gasteiger partial charge in [-0.05, 0) is 212 Å². The van der Waals surface area contributed by atoms with Crippen LogP contribution in [0.15, 0.2) is 133 Å². The van der Waals surface area contributed by atoms with Crippen molar-refractivity contribution in [2.45, 2.75) is 245 Å². The Morgan fingerprint density at radius 2 is 0.651 bits per heavy atom. The smallest absolute Gasteiger partial charge is 0.0541 e. The molecule has 448 valence electrons. The van der Waals surface area contributed by atoms with Gasteiger partial charge in [0.05, 0.1) is 11.0 Å². The minimum Gasteiger partial charge on any atom is -0.309 e. The van der Waals surface area contributed by atoms with Crippen LogP contribution in [0.25, 0.3) is 49.7 Å². The molecule has 0 amide bonds. The Morgan fingerprint density at radius 1 is 0.337 bits per heavy atom. The molecule has 1 nitrogen and oxygen atoms in total. The quantitative estimate of drug-likeness (QED) is 0.0305. The fourth-order valence-corrected chi connectivity index (χ4v) is 15.4. The molecule has 1 aromatic heterocycles. The van der Waals surface area contributed by atoms with Crippen molar-refractivity contribution >= 4 is 44.4 Å². The van der Waals surface area contributed by atoms with Gasteiger partial charge in [-0.1, -0.05) is 258 Å². The molecule has 86 heavy (non-hydrogen) atoms. The zero-order chi connectivity index (χ0) is 60.5. The van der Waals surface area contributed by atoms with Crippen LogP contribution in [0.3, 0.4) is 0 Å². The lowest BCUT2D eigenvalue weighted by molar-refractivity contribution is 0.398. The predicted octanol–water partition coefficient (Wildman–Crippen LogP) is 24.8. The molecule has 0 spiro atoms. The van der Waals surface area contributed by atoms with Crippen molar-refractivity contribution in [3.63, 3.8) is 0 Å². The van der Waals surface area contributed by atoms with Crippen molar-refractivity contribution in [2.24, 2.45) is 0 Å². The molecule has 2 heteroatoms. The van der Waals surface area contributed by atoms with Crippen LogP contribution in [-0.4, -0.2) is 4.57 Å². The Balaban J connectivity index is 0.993. The van der Waals surface area contributed by atoms with Gasteiger partial charge >= 0.3 is 0 Å². The highest BCUT2D eigenvalue weighted by atomic mass is 127. The molecule has 0 bridgehead atoms. The summed E-state index contributed by atoms with van der Waals surface area (Å²) in [7, 11) is 0. The molecule has 0 aliphatic heterocycles. The van der Waals surface area contributed by atoms with Gasteiger partial charge in [-0.15, -0.1) is 0 Å². The van der Waals surface area contributed by atoms with Gasteiger partial charge in [0.1, 0.15) is 0 Å². The number of unbranched alkanes of at least 4 members (excludes halogenated alkanes) is 16. The fourth-order valence-electron chi connectivity index (χ4n) is 14.9. The Hall–Kier alpha value is -5.81. The molecule has 10 rings (SSSR count). The average Bonchev–Trinajstić information content (AvgIpc) is 1.91. The first-order chi connectivity index (χ1) is 41.6. The number of halogens is 1. The van der Waals surface area contributed by atoms with E-state index in [2.05, 4.69) is 254 Å². The molecule has 2 aliphatic rings. The summed E-state index contributed by atoms with van der Waals surface area (Å²) in [6, 6.07) is 52.2. The van der Waals surface area contributed by atoms with Crippen molar-refractivity contribution in [1.29, 1.82) is 0 Å². The van der Waals surface area contributed by atoms with Gasteiger partial charge in [0.25, 0.3) is 0 Å². The van der Waals surface area contributed by atoms with Gasteiger partial charge in [-0.2, -0.15) is 0 Å². The molecular formula is C84H100IN. The number of rotatable bonds is 25. The average molecular weight is 1250 g/mol. The summed E-state index contributed by atoms with van der Waals surface area (Å²) in [5, 5.41) is 2.63. The Labute approximate surface area is 534 Å². The van der Waals surface area contributed by atoms with Crippen LogP contribution in [-0.2, 0) is 21.7 Å². The summed E-state index contributed by atoms with van der Waals surface area (Å²) in [4.78, 5) is 0. The first-order valence-corrected chi connectivity index (χ1v) is 35.2. The molecule has 0 fully saturated rings. The number of hydrogen-bond acceptors (Lipinski definition) is 0. The monoisotopic (exact) mass is 1250 g/mol. The molecule has 0 radical (unpaired) electrons. The predicted molar refractivity (Wildman–Crippen MR) is 382 cm³/mol. The van der Waals surface area contributed by atoms with E-state index in [4.69, 9.17) is 0 Å². The van der Waals surface area contributed by atoms with Gasteiger partial charge < -0.3 is 4.57 Å². The van der Waals surface area contributed by atoms with Gasteiger partial charge in [-0.3, -0.25) is 0 Å². The first-order valence-electron chi connectivity index (χ1n) is 34.1. The third-order valence-corrected chi connectivity index (χ3v) is 20.5. The normalized spacial score (nSPS) is 13.7. The SMILES string of the molecule is CCCCCCCC1(CCCCCCC)c2cc(I)ccc2-c2ccc(C#Cc3ccc4c(c3)C(CCCCCCC)(CCCCCCC)c3cc(C#Cc5ccc(-n6c7ccc(C(C)(C)C)cc7c7cc(C(C)(C)C)ccc76)cc5)ccc3-4)cc21. The van der Waals surface area contributed by atoms with Crippen LogP contribution in [0, 0.1) is 27.3 Å². The zero-order valence-electron chi connectivity index (χ0n) is 54.5. The third kappa shape index (κ3) is 13.7. The Kier molecular flexibility index (Phi) is 20.7. The third-order valence-electron chi connectivity index (χ3n) is 19.8. The summed E-state index contributed by atoms with van der Waals surface area (Å²) < 4.78 is 3.80. The summed E-state index contributed by atoms with van der Waals surface area (Å²) in [5.41, 5.74) is 22.5. The molecule has 0 unspecified atom stereocenters. The van der Waals surface area contributed by atoms with E-state index in [0.29, 0.717) is 0 Å². The molecule has 8 aromatic rings. The van der Waals surface area contributed by atoms with E-state index in [-0.39, 0.29) is 21.7 Å². The van der Waals surface area contributed by atoms with Crippen LogP contribution in [0.4, 0.5) is 0 Å². The van der Waals surface area contributed by atoms with Crippen LogP contribution in [0.1, 0.15) is 279 Å². The molecule has 7 aromatic carbocycles. The number of aromatic nitrogens is 1. The van der Waals surface area contributed by atoms with E-state index in [9.17, 15) is 0 Å². The molecule has 0 saturated heterocycles. The first kappa shape index (κ1) is 63.2. The van der Waals surface area contributed by atoms with Crippen molar-refractivity contribution in [1.82, 2.24) is 4.57 Å². The lowest BCUT2D eigenvalue weighted by Gasteiger charge is -2.33. The maximum Gasteiger partial charge on any atom is 0.0541 e. The Bertz CT molecular complexity index is 3660. The van der Waals surface area contributed by atoms with Crippen molar-refractivity contribution in [2.75, 3.05) is 0 Å². The highest BCUT2D eigenvalue weighted by molar-refractivity contribution is 14.1. The molecule has 0 atom stereocenters. The Morgan fingerprint density at radius 3 is 1.00 bits per heavy atom. The fraction of sp³-hybridized carbons (Fsp3) is 0.452. The number of benzene rings is 7. The molecular weight excluding hydrogens is 1150 g/mol. The van der Waals surface area contributed by atoms with Gasteiger partial charge in [0, 0.05) is 53.1 Å². The van der Waals surface area contributed by atoms with Crippen molar-refractivity contribution in [3.8, 4) is 51.6 Å². The standard InChI is InChI=1S/C84H100IN/c1-11-15-19-23-27-51-83(52-28-24-20-16-12-2)75-55-62(32-31-61-35-43-68(44-36-61)86-79-49-40-65(81(5,6)7)58-73(79)74-59-66(82(8,9)10)41-50-80(74)86)37-45-69(75)70-46-38-63(56-76(70)83)33-34-64-39-47-71-72-48-42-67(85)60-78(72)84(77(71)57-64,53-29-25-21-17-13-3)54-30-26-22-18-14-4/h35-50,55-60H,11-30,51-54H2,1-10H3. The number of nitrogens with zero attached hydrogens (tertiary/aromatic N) is 1. The second-order valence-corrected chi connectivity index (χ2v) is 29.4. The zero-order valence-corrected chi connectivity index (χ0v) is 56.7. The van der Waals surface area contributed by atoms with Crippen LogP contribution < -0.4 is 0 Å². The molecule has 1 heterocycles. The molecule has 0 N–H and O–H groups in total. The largest absolute Gasteiger partial charge is 0.309 e. The summed E-state index contributed by atoms with van der Waals surface area (Å²) >= 11 is 2.55. The van der Waals surface area contributed by atoms with E-state index in [1.807, 2.05) is 0 Å². The van der Waals surface area contributed by atoms with Crippen LogP contribution in [0.5, 0.6) is 0 Å². The summed E-state index contributed by atoms with van der Waals surface area (Å²) in [6.45, 7) is 23.2. The van der Waals surface area contributed by atoms with Gasteiger partial charge in [0.2, 0.25) is 0 Å². The number of hydrogen-bond donors (Lipinski definition) is 0. The minimum atomic E-state index is -0.0888. The van der Waals surface area contributed by atoms with Gasteiger partial charge in [-0.25, -0.2) is 0 Å². The maximum absolute atomic E-state index is 3.82. The molecule has 0 saturated carbocycles. The second kappa shape index (κ2) is 28.1. The van der Waals surface area contributed by atoms with E-state index < -0.39 is 0 Å². The van der Waals surface area contributed by atoms with Crippen molar-refractivity contribution in [3.05, 3.63) is 193 Å². The van der Waals surface area contributed by atoms with E-state index in [0.717, 1.165) is 40.8 Å². The van der Waals surface area contributed by atoms with Gasteiger partial charge in [0.15, 0.2) is 0 Å². The molecule has 2 aliphatic carbocycles. The lowest BCUT2D eigenvalue weighted by atomic mass is 9.70. The summed E-state index contributed by atoms with van der Waals surface area (Å²) in [5.74, 6) is 15.0. The maximum atomic E-state index is 3.82. The topological polar surface area (TPSA) is 4.93 Å². The van der Waals surface area contributed by atoms with Crippen LogP contribution >= 0.6 is 22.6 Å². The highest BCUT2D eigenvalue weighted by Gasteiger charge is 2.44. The minimum absolute atomic E-state index is 0.0336. The lowest BCUT2D eigenvalue weighted by Crippen LogP contribution is -2.26. The van der Waals surface area contributed by atoms with E-state index in [1.165, 1.54) is 217 Å². The highest BCUT2D eigenvalue weighted by Crippen LogP contribution is 2.56. The van der Waals surface area contributed by atoms with E-state index in [1.54, 1.807) is 5.56 Å². The summed E-state index contributed by atoms with van der Waals surface area (Å²) in [6.07, 6.45) is 30.5. The second-order valence-electron chi connectivity index (χ2n) is 28.1.